The summed E-state index contributed by atoms with van der Waals surface area (Å²) in [6, 6.07) is 19.1. The molecule has 3 aromatic rings. The lowest BCUT2D eigenvalue weighted by molar-refractivity contribution is -0.137. The van der Waals surface area contributed by atoms with Crippen LogP contribution in [0.25, 0.3) is 0 Å². The quantitative estimate of drug-likeness (QED) is 0.568. The van der Waals surface area contributed by atoms with Crippen LogP contribution in [0.5, 0.6) is 0 Å². The molecule has 0 aliphatic rings. The summed E-state index contributed by atoms with van der Waals surface area (Å²) in [5, 5.41) is 2.48. The minimum Gasteiger partial charge on any atom is -0.325 e. The number of hydrogen-bond donors (Lipinski definition) is 2. The SMILES string of the molecule is O=C(Nc1ccc(C(F)(F)F)cc1)[C@H](Cc1ccccc1)NS(=O)(=O)c1ccccc1. The molecule has 0 radical (unpaired) electrons. The Hall–Kier alpha value is -3.17. The molecule has 0 unspecified atom stereocenters. The van der Waals surface area contributed by atoms with Gasteiger partial charge in [0.05, 0.1) is 10.5 Å². The van der Waals surface area contributed by atoms with E-state index in [1.54, 1.807) is 48.5 Å². The highest BCUT2D eigenvalue weighted by Crippen LogP contribution is 2.29. The van der Waals surface area contributed by atoms with Gasteiger partial charge in [-0.15, -0.1) is 0 Å². The van der Waals surface area contributed by atoms with Gasteiger partial charge in [-0.2, -0.15) is 17.9 Å². The first kappa shape index (κ1) is 22.5. The molecule has 0 aromatic heterocycles. The molecule has 1 atom stereocenters. The number of halogens is 3. The van der Waals surface area contributed by atoms with Crippen LogP contribution in [-0.4, -0.2) is 20.4 Å². The largest absolute Gasteiger partial charge is 0.416 e. The summed E-state index contributed by atoms with van der Waals surface area (Å²) < 4.78 is 66.1. The van der Waals surface area contributed by atoms with E-state index in [9.17, 15) is 26.4 Å². The summed E-state index contributed by atoms with van der Waals surface area (Å²) in [5.41, 5.74) is -0.0167. The van der Waals surface area contributed by atoms with E-state index in [1.807, 2.05) is 0 Å². The van der Waals surface area contributed by atoms with Crippen molar-refractivity contribution in [3.63, 3.8) is 0 Å². The highest BCUT2D eigenvalue weighted by molar-refractivity contribution is 7.89. The number of nitrogens with one attached hydrogen (secondary N) is 2. The lowest BCUT2D eigenvalue weighted by atomic mass is 10.1. The maximum absolute atomic E-state index is 12.8. The number of rotatable bonds is 7. The van der Waals surface area contributed by atoms with Gasteiger partial charge in [-0.1, -0.05) is 48.5 Å². The molecular formula is C22H19F3N2O3S. The van der Waals surface area contributed by atoms with E-state index in [-0.39, 0.29) is 17.0 Å². The van der Waals surface area contributed by atoms with Gasteiger partial charge in [0.2, 0.25) is 15.9 Å². The zero-order valence-corrected chi connectivity index (χ0v) is 17.0. The van der Waals surface area contributed by atoms with Gasteiger partial charge in [-0.05, 0) is 48.4 Å². The summed E-state index contributed by atoms with van der Waals surface area (Å²) in [6.07, 6.45) is -4.44. The van der Waals surface area contributed by atoms with E-state index >= 15 is 0 Å². The molecule has 0 fully saturated rings. The predicted molar refractivity (Wildman–Crippen MR) is 111 cm³/mol. The second-order valence-corrected chi connectivity index (χ2v) is 8.45. The Morgan fingerprint density at radius 3 is 1.94 bits per heavy atom. The maximum Gasteiger partial charge on any atom is 0.416 e. The van der Waals surface area contributed by atoms with Crippen LogP contribution in [0.4, 0.5) is 18.9 Å². The number of benzene rings is 3. The normalized spacial score (nSPS) is 12.9. The van der Waals surface area contributed by atoms with Gasteiger partial charge >= 0.3 is 6.18 Å². The summed E-state index contributed by atoms with van der Waals surface area (Å²) in [7, 11) is -4.00. The van der Waals surface area contributed by atoms with Crippen LogP contribution in [0.15, 0.2) is 89.8 Å². The Bertz CT molecular complexity index is 1120. The number of carbonyl (C=O) groups is 1. The molecule has 0 spiro atoms. The predicted octanol–water partition coefficient (Wildman–Crippen LogP) is 4.23. The number of amides is 1. The minimum absolute atomic E-state index is 0.00427. The number of sulfonamides is 1. The van der Waals surface area contributed by atoms with Crippen molar-refractivity contribution in [2.45, 2.75) is 23.5 Å². The smallest absolute Gasteiger partial charge is 0.325 e. The number of carbonyl (C=O) groups excluding carboxylic acids is 1. The first-order chi connectivity index (χ1) is 14.6. The van der Waals surface area contributed by atoms with Crippen LogP contribution in [0.2, 0.25) is 0 Å². The van der Waals surface area contributed by atoms with Crippen LogP contribution in [-0.2, 0) is 27.4 Å². The lowest BCUT2D eigenvalue weighted by Crippen LogP contribution is -2.45. The Morgan fingerprint density at radius 1 is 0.839 bits per heavy atom. The summed E-state index contributed by atoms with van der Waals surface area (Å²) in [5.74, 6) is -0.692. The van der Waals surface area contributed by atoms with E-state index in [1.165, 1.54) is 12.1 Å². The summed E-state index contributed by atoms with van der Waals surface area (Å²) in [6.45, 7) is 0. The molecule has 0 heterocycles. The van der Waals surface area contributed by atoms with Gasteiger partial charge in [0.15, 0.2) is 0 Å². The Morgan fingerprint density at radius 2 is 1.39 bits per heavy atom. The summed E-state index contributed by atoms with van der Waals surface area (Å²) in [4.78, 5) is 12.8. The van der Waals surface area contributed by atoms with E-state index in [0.29, 0.717) is 5.56 Å². The second-order valence-electron chi connectivity index (χ2n) is 6.74. The van der Waals surface area contributed by atoms with Gasteiger partial charge < -0.3 is 5.32 Å². The average Bonchev–Trinajstić information content (AvgIpc) is 2.74. The fourth-order valence-corrected chi connectivity index (χ4v) is 4.08. The zero-order valence-electron chi connectivity index (χ0n) is 16.1. The van der Waals surface area contributed by atoms with Crippen molar-refractivity contribution in [1.29, 1.82) is 0 Å². The van der Waals surface area contributed by atoms with E-state index in [2.05, 4.69) is 10.0 Å². The minimum atomic E-state index is -4.50. The van der Waals surface area contributed by atoms with Crippen LogP contribution < -0.4 is 10.0 Å². The van der Waals surface area contributed by atoms with Crippen molar-refractivity contribution >= 4 is 21.6 Å². The van der Waals surface area contributed by atoms with Crippen LogP contribution in [0, 0.1) is 0 Å². The third-order valence-electron chi connectivity index (χ3n) is 4.43. The molecule has 9 heteroatoms. The molecular weight excluding hydrogens is 429 g/mol. The fraction of sp³-hybridized carbons (Fsp3) is 0.136. The topological polar surface area (TPSA) is 75.3 Å². The molecule has 3 rings (SSSR count). The standard InChI is InChI=1S/C22H19F3N2O3S/c23-22(24,25)17-11-13-18(14-12-17)26-21(28)20(15-16-7-3-1-4-8-16)27-31(29,30)19-9-5-2-6-10-19/h1-14,20,27H,15H2,(H,26,28)/t20-/m0/s1. The molecule has 0 saturated heterocycles. The summed E-state index contributed by atoms with van der Waals surface area (Å²) >= 11 is 0. The molecule has 0 aliphatic heterocycles. The van der Waals surface area contributed by atoms with Crippen molar-refractivity contribution in [2.75, 3.05) is 5.32 Å². The van der Waals surface area contributed by atoms with Gasteiger partial charge in [0.25, 0.3) is 0 Å². The highest BCUT2D eigenvalue weighted by atomic mass is 32.2. The van der Waals surface area contributed by atoms with Crippen molar-refractivity contribution in [2.24, 2.45) is 0 Å². The molecule has 3 aromatic carbocycles. The molecule has 1 amide bonds. The molecule has 0 bridgehead atoms. The fourth-order valence-electron chi connectivity index (χ4n) is 2.86. The van der Waals surface area contributed by atoms with E-state index in [0.717, 1.165) is 24.3 Å². The Balaban J connectivity index is 1.82. The average molecular weight is 448 g/mol. The van der Waals surface area contributed by atoms with Gasteiger partial charge in [-0.25, -0.2) is 8.42 Å². The van der Waals surface area contributed by atoms with Crippen molar-refractivity contribution in [1.82, 2.24) is 4.72 Å². The molecule has 0 aliphatic carbocycles. The Kier molecular flexibility index (Phi) is 6.77. The van der Waals surface area contributed by atoms with Gasteiger partial charge in [-0.3, -0.25) is 4.79 Å². The molecule has 162 valence electrons. The highest BCUT2D eigenvalue weighted by Gasteiger charge is 2.30. The number of hydrogen-bond acceptors (Lipinski definition) is 3. The number of alkyl halides is 3. The molecule has 2 N–H and O–H groups in total. The lowest BCUT2D eigenvalue weighted by Gasteiger charge is -2.19. The molecule has 5 nitrogen and oxygen atoms in total. The molecule has 31 heavy (non-hydrogen) atoms. The van der Waals surface area contributed by atoms with Gasteiger partial charge in [0, 0.05) is 5.69 Å². The van der Waals surface area contributed by atoms with Crippen LogP contribution >= 0.6 is 0 Å². The molecule has 0 saturated carbocycles. The monoisotopic (exact) mass is 448 g/mol. The van der Waals surface area contributed by atoms with Crippen LogP contribution in [0.3, 0.4) is 0 Å². The van der Waals surface area contributed by atoms with Gasteiger partial charge in [0.1, 0.15) is 6.04 Å². The third kappa shape index (κ3) is 6.16. The van der Waals surface area contributed by atoms with E-state index < -0.39 is 33.7 Å². The first-order valence-corrected chi connectivity index (χ1v) is 10.7. The zero-order chi connectivity index (χ0) is 22.5. The van der Waals surface area contributed by atoms with E-state index in [4.69, 9.17) is 0 Å². The third-order valence-corrected chi connectivity index (χ3v) is 5.92. The van der Waals surface area contributed by atoms with Crippen molar-refractivity contribution in [3.05, 3.63) is 96.1 Å². The Labute approximate surface area is 178 Å². The second kappa shape index (κ2) is 9.32. The maximum atomic E-state index is 12.8. The van der Waals surface area contributed by atoms with Crippen molar-refractivity contribution < 1.29 is 26.4 Å². The van der Waals surface area contributed by atoms with Crippen LogP contribution in [0.1, 0.15) is 11.1 Å². The van der Waals surface area contributed by atoms with Crippen molar-refractivity contribution in [3.8, 4) is 0 Å². The number of anilines is 1. The first-order valence-electron chi connectivity index (χ1n) is 9.24.